The van der Waals surface area contributed by atoms with Gasteiger partial charge in [-0.1, -0.05) is 29.3 Å². The summed E-state index contributed by atoms with van der Waals surface area (Å²) in [5.74, 6) is -0.972. The Morgan fingerprint density at radius 1 is 0.971 bits per heavy atom. The van der Waals surface area contributed by atoms with Gasteiger partial charge in [0.15, 0.2) is 13.6 Å². The largest absolute Gasteiger partial charge is 0.466 e. The molecule has 0 radical (unpaired) electrons. The van der Waals surface area contributed by atoms with Crippen molar-refractivity contribution in [3.05, 3.63) is 62.0 Å². The minimum Gasteiger partial charge on any atom is -0.466 e. The molecular weight excluding hydrogens is 521 g/mol. The summed E-state index contributed by atoms with van der Waals surface area (Å²) >= 11 is 12.8. The Hall–Kier alpha value is -2.76. The van der Waals surface area contributed by atoms with E-state index in [1.165, 1.54) is 39.5 Å². The van der Waals surface area contributed by atoms with Crippen molar-refractivity contribution in [1.82, 2.24) is 4.90 Å². The van der Waals surface area contributed by atoms with Gasteiger partial charge in [0.25, 0.3) is 11.1 Å². The van der Waals surface area contributed by atoms with E-state index in [0.717, 1.165) is 16.7 Å². The van der Waals surface area contributed by atoms with E-state index in [1.807, 2.05) is 0 Å². The third-order valence-electron chi connectivity index (χ3n) is 4.64. The molecule has 0 saturated carbocycles. The molecular formula is C23H21Cl2NO8S. The summed E-state index contributed by atoms with van der Waals surface area (Å²) in [4.78, 5) is 39.2. The topological polar surface area (TPSA) is 101 Å². The lowest BCUT2D eigenvalue weighted by molar-refractivity contribution is -0.123. The van der Waals surface area contributed by atoms with Crippen molar-refractivity contribution in [3.63, 3.8) is 0 Å². The quantitative estimate of drug-likeness (QED) is 0.234. The highest BCUT2D eigenvalue weighted by Gasteiger charge is 2.35. The van der Waals surface area contributed by atoms with Crippen molar-refractivity contribution in [1.29, 1.82) is 0 Å². The number of esters is 1. The third kappa shape index (κ3) is 6.47. The zero-order valence-electron chi connectivity index (χ0n) is 19.0. The zero-order valence-corrected chi connectivity index (χ0v) is 21.3. The van der Waals surface area contributed by atoms with Crippen LogP contribution in [0.3, 0.4) is 0 Å². The highest BCUT2D eigenvalue weighted by Crippen LogP contribution is 2.37. The van der Waals surface area contributed by atoms with E-state index >= 15 is 0 Å². The number of imide groups is 1. The molecule has 0 aromatic heterocycles. The summed E-state index contributed by atoms with van der Waals surface area (Å²) in [6, 6.07) is 7.91. The Morgan fingerprint density at radius 3 is 2.14 bits per heavy atom. The minimum absolute atomic E-state index is 0.0199. The monoisotopic (exact) mass is 541 g/mol. The number of methoxy groups -OCH3 is 3. The van der Waals surface area contributed by atoms with E-state index in [2.05, 4.69) is 0 Å². The van der Waals surface area contributed by atoms with Crippen molar-refractivity contribution < 1.29 is 38.1 Å². The Morgan fingerprint density at radius 2 is 1.60 bits per heavy atom. The number of ether oxygens (including phenoxy) is 5. The van der Waals surface area contributed by atoms with E-state index in [0.29, 0.717) is 21.2 Å². The van der Waals surface area contributed by atoms with E-state index in [1.54, 1.807) is 18.2 Å². The first kappa shape index (κ1) is 26.8. The van der Waals surface area contributed by atoms with E-state index in [9.17, 15) is 14.4 Å². The number of thioether (sulfide) groups is 1. The average Bonchev–Trinajstić information content (AvgIpc) is 3.10. The maximum absolute atomic E-state index is 13.0. The molecule has 2 aromatic rings. The lowest BCUT2D eigenvalue weighted by Crippen LogP contribution is -2.27. The van der Waals surface area contributed by atoms with Crippen LogP contribution in [0.5, 0.6) is 11.5 Å². The fourth-order valence-electron chi connectivity index (χ4n) is 3.08. The highest BCUT2D eigenvalue weighted by molar-refractivity contribution is 8.18. The van der Waals surface area contributed by atoms with Crippen LogP contribution in [0.15, 0.2) is 35.2 Å². The summed E-state index contributed by atoms with van der Waals surface area (Å²) in [6.45, 7) is -0.279. The third-order valence-corrected chi connectivity index (χ3v) is 6.28. The molecule has 0 bridgehead atoms. The number of halogens is 2. The lowest BCUT2D eigenvalue weighted by atomic mass is 10.1. The van der Waals surface area contributed by atoms with Crippen molar-refractivity contribution in [3.8, 4) is 11.5 Å². The first-order valence-electron chi connectivity index (χ1n) is 9.98. The summed E-state index contributed by atoms with van der Waals surface area (Å²) in [5.41, 5.74) is 1.11. The van der Waals surface area contributed by atoms with Crippen LogP contribution in [0.25, 0.3) is 6.08 Å². The van der Waals surface area contributed by atoms with E-state index in [-0.39, 0.29) is 42.1 Å². The van der Waals surface area contributed by atoms with Gasteiger partial charge < -0.3 is 23.7 Å². The van der Waals surface area contributed by atoms with Crippen LogP contribution in [0.4, 0.5) is 4.79 Å². The summed E-state index contributed by atoms with van der Waals surface area (Å²) in [7, 11) is 4.07. The van der Waals surface area contributed by atoms with Gasteiger partial charge in [0.2, 0.25) is 0 Å². The molecule has 0 spiro atoms. The van der Waals surface area contributed by atoms with Gasteiger partial charge in [0.1, 0.15) is 17.1 Å². The summed E-state index contributed by atoms with van der Waals surface area (Å²) < 4.78 is 25.8. The molecule has 0 unspecified atom stereocenters. The predicted molar refractivity (Wildman–Crippen MR) is 131 cm³/mol. The number of rotatable bonds is 10. The summed E-state index contributed by atoms with van der Waals surface area (Å²) in [6.07, 6.45) is 1.50. The standard InChI is InChI=1S/C23H21Cl2NO8S/c1-30-11-33-17-7-14(8-18(34-12-31-2)20(17)22(28)32-3)9-19-21(27)26(23(29)35-19)10-13-4-5-15(24)16(25)6-13/h4-9H,10-12H2,1-3H3. The van der Waals surface area contributed by atoms with Gasteiger partial charge in [-0.15, -0.1) is 0 Å². The van der Waals surface area contributed by atoms with E-state index < -0.39 is 17.1 Å². The molecule has 1 heterocycles. The van der Waals surface area contributed by atoms with Gasteiger partial charge in [-0.2, -0.15) is 0 Å². The molecule has 3 rings (SSSR count). The molecule has 1 fully saturated rings. The number of nitrogens with zero attached hydrogens (tertiary/aromatic N) is 1. The molecule has 2 aromatic carbocycles. The number of hydrogen-bond donors (Lipinski definition) is 0. The van der Waals surface area contributed by atoms with Crippen molar-refractivity contribution in [2.45, 2.75) is 6.54 Å². The van der Waals surface area contributed by atoms with Crippen molar-refractivity contribution in [2.75, 3.05) is 34.9 Å². The second-order valence-electron chi connectivity index (χ2n) is 7.00. The smallest absolute Gasteiger partial charge is 0.345 e. The number of benzene rings is 2. The van der Waals surface area contributed by atoms with E-state index in [4.69, 9.17) is 46.9 Å². The maximum atomic E-state index is 13.0. The minimum atomic E-state index is -0.698. The Labute approximate surface area is 215 Å². The van der Waals surface area contributed by atoms with Crippen LogP contribution in [-0.2, 0) is 25.5 Å². The molecule has 12 heteroatoms. The molecule has 1 aliphatic heterocycles. The van der Waals surface area contributed by atoms with Gasteiger partial charge in [-0.25, -0.2) is 4.79 Å². The van der Waals surface area contributed by atoms with Gasteiger partial charge in [-0.05, 0) is 53.2 Å². The molecule has 35 heavy (non-hydrogen) atoms. The first-order chi connectivity index (χ1) is 16.8. The molecule has 9 nitrogen and oxygen atoms in total. The highest BCUT2D eigenvalue weighted by atomic mass is 35.5. The van der Waals surface area contributed by atoms with Gasteiger partial charge in [0.05, 0.1) is 28.6 Å². The molecule has 186 valence electrons. The van der Waals surface area contributed by atoms with Crippen LogP contribution in [0, 0.1) is 0 Å². The second kappa shape index (κ2) is 12.3. The fraction of sp³-hybridized carbons (Fsp3) is 0.261. The number of amides is 2. The molecule has 1 saturated heterocycles. The number of hydrogen-bond acceptors (Lipinski definition) is 9. The zero-order chi connectivity index (χ0) is 25.5. The predicted octanol–water partition coefficient (Wildman–Crippen LogP) is 4.98. The van der Waals surface area contributed by atoms with Crippen molar-refractivity contribution >= 4 is 58.2 Å². The number of carbonyl (C=O) groups is 3. The normalized spacial score (nSPS) is 14.5. The van der Waals surface area contributed by atoms with Crippen LogP contribution in [0.1, 0.15) is 21.5 Å². The Balaban J connectivity index is 1.95. The average molecular weight is 542 g/mol. The van der Waals surface area contributed by atoms with Crippen molar-refractivity contribution in [2.24, 2.45) is 0 Å². The van der Waals surface area contributed by atoms with Gasteiger partial charge in [0, 0.05) is 14.2 Å². The van der Waals surface area contributed by atoms with Gasteiger partial charge in [-0.3, -0.25) is 14.5 Å². The SMILES string of the molecule is COCOc1cc(C=C2SC(=O)N(Cc3ccc(Cl)c(Cl)c3)C2=O)cc(OCOC)c1C(=O)OC. The molecule has 0 atom stereocenters. The van der Waals surface area contributed by atoms with Crippen LogP contribution < -0.4 is 9.47 Å². The fourth-order valence-corrected chi connectivity index (χ4v) is 4.24. The van der Waals surface area contributed by atoms with Gasteiger partial charge >= 0.3 is 5.97 Å². The molecule has 1 aliphatic rings. The number of carbonyl (C=O) groups excluding carboxylic acids is 3. The second-order valence-corrected chi connectivity index (χ2v) is 8.81. The lowest BCUT2D eigenvalue weighted by Gasteiger charge is -2.16. The molecule has 0 N–H and O–H groups in total. The first-order valence-corrected chi connectivity index (χ1v) is 11.5. The van der Waals surface area contributed by atoms with Crippen LogP contribution >= 0.6 is 35.0 Å². The molecule has 0 aliphatic carbocycles. The van der Waals surface area contributed by atoms with Crippen LogP contribution in [0.2, 0.25) is 10.0 Å². The Bertz CT molecular complexity index is 1140. The van der Waals surface area contributed by atoms with Crippen LogP contribution in [-0.4, -0.2) is 56.9 Å². The summed E-state index contributed by atoms with van der Waals surface area (Å²) in [5, 5.41) is 0.257. The molecule has 2 amide bonds. The maximum Gasteiger partial charge on any atom is 0.345 e. The Kier molecular flexibility index (Phi) is 9.41.